The van der Waals surface area contributed by atoms with E-state index >= 15 is 0 Å². The molecule has 0 bridgehead atoms. The van der Waals surface area contributed by atoms with E-state index in [4.69, 9.17) is 4.74 Å². The van der Waals surface area contributed by atoms with Crippen molar-refractivity contribution in [2.24, 2.45) is 11.8 Å². The Labute approximate surface area is 108 Å². The van der Waals surface area contributed by atoms with Crippen LogP contribution in [0.5, 0.6) is 5.75 Å². The summed E-state index contributed by atoms with van der Waals surface area (Å²) in [6, 6.07) is 4.35. The first-order chi connectivity index (χ1) is 8.36. The predicted molar refractivity (Wildman–Crippen MR) is 69.0 cm³/mol. The van der Waals surface area contributed by atoms with Crippen LogP contribution in [-0.4, -0.2) is 10.7 Å². The molecule has 2 rings (SSSR count). The van der Waals surface area contributed by atoms with Crippen molar-refractivity contribution in [3.63, 3.8) is 0 Å². The first kappa shape index (κ1) is 13.3. The molecule has 0 spiro atoms. The third kappa shape index (κ3) is 2.01. The van der Waals surface area contributed by atoms with E-state index in [9.17, 15) is 9.50 Å². The molecule has 0 fully saturated rings. The Morgan fingerprint density at radius 1 is 1.28 bits per heavy atom. The zero-order valence-electron chi connectivity index (χ0n) is 11.4. The van der Waals surface area contributed by atoms with Crippen LogP contribution in [-0.2, 0) is 0 Å². The van der Waals surface area contributed by atoms with Gasteiger partial charge in [-0.1, -0.05) is 27.7 Å². The summed E-state index contributed by atoms with van der Waals surface area (Å²) >= 11 is 0. The summed E-state index contributed by atoms with van der Waals surface area (Å²) in [6.45, 7) is 8.32. The topological polar surface area (TPSA) is 29.5 Å². The van der Waals surface area contributed by atoms with Gasteiger partial charge < -0.3 is 9.84 Å². The van der Waals surface area contributed by atoms with Gasteiger partial charge in [-0.05, 0) is 24.0 Å². The second kappa shape index (κ2) is 4.54. The molecule has 1 aromatic rings. The quantitative estimate of drug-likeness (QED) is 0.869. The molecule has 0 unspecified atom stereocenters. The first-order valence-corrected chi connectivity index (χ1v) is 6.53. The average Bonchev–Trinajstić information content (AvgIpc) is 2.27. The number of aliphatic hydroxyl groups is 1. The van der Waals surface area contributed by atoms with E-state index in [1.165, 1.54) is 12.1 Å². The van der Waals surface area contributed by atoms with Gasteiger partial charge in [0.1, 0.15) is 17.2 Å². The van der Waals surface area contributed by atoms with E-state index in [1.807, 2.05) is 0 Å². The molecular formula is C15H21FO2. The Balaban J connectivity index is 2.47. The Morgan fingerprint density at radius 2 is 1.89 bits per heavy atom. The van der Waals surface area contributed by atoms with Crippen LogP contribution in [0.15, 0.2) is 18.2 Å². The SMILES string of the molecule is CC(C)C1(C(C)C)C[C@H](O)c2ccc(F)cc2O1. The van der Waals surface area contributed by atoms with Gasteiger partial charge in [0.05, 0.1) is 6.10 Å². The number of aliphatic hydroxyl groups excluding tert-OH is 1. The molecule has 100 valence electrons. The van der Waals surface area contributed by atoms with Crippen molar-refractivity contribution in [3.05, 3.63) is 29.6 Å². The molecular weight excluding hydrogens is 231 g/mol. The minimum Gasteiger partial charge on any atom is -0.486 e. The number of hydrogen-bond acceptors (Lipinski definition) is 2. The summed E-state index contributed by atoms with van der Waals surface area (Å²) in [5, 5.41) is 10.3. The van der Waals surface area contributed by atoms with Crippen LogP contribution >= 0.6 is 0 Å². The summed E-state index contributed by atoms with van der Waals surface area (Å²) < 4.78 is 19.4. The van der Waals surface area contributed by atoms with Gasteiger partial charge in [-0.3, -0.25) is 0 Å². The van der Waals surface area contributed by atoms with Crippen LogP contribution in [0.25, 0.3) is 0 Å². The van der Waals surface area contributed by atoms with E-state index < -0.39 is 11.7 Å². The molecule has 0 saturated carbocycles. The Hall–Kier alpha value is -1.09. The zero-order valence-corrected chi connectivity index (χ0v) is 11.4. The van der Waals surface area contributed by atoms with Crippen LogP contribution in [0.2, 0.25) is 0 Å². The van der Waals surface area contributed by atoms with Gasteiger partial charge in [-0.15, -0.1) is 0 Å². The lowest BCUT2D eigenvalue weighted by atomic mass is 9.73. The highest BCUT2D eigenvalue weighted by molar-refractivity contribution is 5.38. The van der Waals surface area contributed by atoms with E-state index in [2.05, 4.69) is 27.7 Å². The van der Waals surface area contributed by atoms with Crippen LogP contribution in [0, 0.1) is 17.7 Å². The van der Waals surface area contributed by atoms with Crippen molar-refractivity contribution in [1.82, 2.24) is 0 Å². The van der Waals surface area contributed by atoms with E-state index in [0.717, 1.165) is 0 Å². The molecule has 18 heavy (non-hydrogen) atoms. The number of halogens is 1. The zero-order chi connectivity index (χ0) is 13.5. The normalized spacial score (nSPS) is 21.9. The number of ether oxygens (including phenoxy) is 1. The lowest BCUT2D eigenvalue weighted by Gasteiger charge is -2.46. The maximum atomic E-state index is 13.3. The summed E-state index contributed by atoms with van der Waals surface area (Å²) in [7, 11) is 0. The minimum absolute atomic E-state index is 0.253. The maximum Gasteiger partial charge on any atom is 0.128 e. The molecule has 0 saturated heterocycles. The average molecular weight is 252 g/mol. The van der Waals surface area contributed by atoms with Gasteiger partial charge in [-0.25, -0.2) is 4.39 Å². The largest absolute Gasteiger partial charge is 0.486 e. The fourth-order valence-corrected chi connectivity index (χ4v) is 2.90. The highest BCUT2D eigenvalue weighted by Gasteiger charge is 2.45. The van der Waals surface area contributed by atoms with Gasteiger partial charge in [0.15, 0.2) is 0 Å². The number of hydrogen-bond donors (Lipinski definition) is 1. The number of rotatable bonds is 2. The molecule has 1 aliphatic heterocycles. The summed E-state index contributed by atoms with van der Waals surface area (Å²) in [6.07, 6.45) is -0.0276. The third-order valence-electron chi connectivity index (χ3n) is 4.10. The number of fused-ring (bicyclic) bond motifs is 1. The Morgan fingerprint density at radius 3 is 2.44 bits per heavy atom. The predicted octanol–water partition coefficient (Wildman–Crippen LogP) is 3.69. The number of benzene rings is 1. The van der Waals surface area contributed by atoms with Gasteiger partial charge in [0, 0.05) is 18.1 Å². The highest BCUT2D eigenvalue weighted by Crippen LogP contribution is 2.46. The van der Waals surface area contributed by atoms with E-state index in [-0.39, 0.29) is 17.7 Å². The molecule has 0 aromatic heterocycles. The fourth-order valence-electron chi connectivity index (χ4n) is 2.90. The van der Waals surface area contributed by atoms with Crippen LogP contribution in [0.1, 0.15) is 45.8 Å². The monoisotopic (exact) mass is 252 g/mol. The Bertz CT molecular complexity index is 432. The highest BCUT2D eigenvalue weighted by atomic mass is 19.1. The molecule has 1 atom stereocenters. The van der Waals surface area contributed by atoms with E-state index in [1.54, 1.807) is 6.07 Å². The minimum atomic E-state index is -0.584. The standard InChI is InChI=1S/C15H21FO2/c1-9(2)15(10(3)4)8-13(17)12-6-5-11(16)7-14(12)18-15/h5-7,9-10,13,17H,8H2,1-4H3/t13-/m0/s1. The summed E-state index contributed by atoms with van der Waals surface area (Å²) in [5.41, 5.74) is 0.258. The molecule has 0 radical (unpaired) electrons. The van der Waals surface area contributed by atoms with Crippen LogP contribution in [0.4, 0.5) is 4.39 Å². The lowest BCUT2D eigenvalue weighted by Crippen LogP contribution is -2.50. The lowest BCUT2D eigenvalue weighted by molar-refractivity contribution is -0.0774. The summed E-state index contributed by atoms with van der Waals surface area (Å²) in [5.74, 6) is 0.660. The van der Waals surface area contributed by atoms with Crippen LogP contribution < -0.4 is 4.74 Å². The first-order valence-electron chi connectivity index (χ1n) is 6.53. The van der Waals surface area contributed by atoms with Crippen molar-refractivity contribution in [1.29, 1.82) is 0 Å². The second-order valence-electron chi connectivity index (χ2n) is 5.77. The van der Waals surface area contributed by atoms with Crippen molar-refractivity contribution >= 4 is 0 Å². The van der Waals surface area contributed by atoms with Gasteiger partial charge >= 0.3 is 0 Å². The summed E-state index contributed by atoms with van der Waals surface area (Å²) in [4.78, 5) is 0. The van der Waals surface area contributed by atoms with Crippen molar-refractivity contribution in [2.45, 2.75) is 45.8 Å². The molecule has 0 amide bonds. The molecule has 2 nitrogen and oxygen atoms in total. The fraction of sp³-hybridized carbons (Fsp3) is 0.600. The van der Waals surface area contributed by atoms with Crippen molar-refractivity contribution < 1.29 is 14.2 Å². The van der Waals surface area contributed by atoms with Crippen molar-refractivity contribution in [2.75, 3.05) is 0 Å². The molecule has 0 aliphatic carbocycles. The Kier molecular flexibility index (Phi) is 3.37. The molecule has 1 aromatic carbocycles. The third-order valence-corrected chi connectivity index (χ3v) is 4.10. The molecule has 1 N–H and O–H groups in total. The molecule has 1 heterocycles. The molecule has 1 aliphatic rings. The van der Waals surface area contributed by atoms with Gasteiger partial charge in [0.2, 0.25) is 0 Å². The maximum absolute atomic E-state index is 13.3. The smallest absolute Gasteiger partial charge is 0.128 e. The van der Waals surface area contributed by atoms with Crippen molar-refractivity contribution in [3.8, 4) is 5.75 Å². The van der Waals surface area contributed by atoms with Gasteiger partial charge in [0.25, 0.3) is 0 Å². The van der Waals surface area contributed by atoms with E-state index in [0.29, 0.717) is 17.7 Å². The molecule has 3 heteroatoms. The second-order valence-corrected chi connectivity index (χ2v) is 5.77. The van der Waals surface area contributed by atoms with Crippen LogP contribution in [0.3, 0.4) is 0 Å². The van der Waals surface area contributed by atoms with Gasteiger partial charge in [-0.2, -0.15) is 0 Å².